The predicted octanol–water partition coefficient (Wildman–Crippen LogP) is 5.61. The van der Waals surface area contributed by atoms with Crippen LogP contribution >= 0.6 is 11.8 Å². The van der Waals surface area contributed by atoms with Gasteiger partial charge in [-0.3, -0.25) is 4.79 Å². The molecule has 138 valence electrons. The lowest BCUT2D eigenvalue weighted by atomic mass is 9.83. The van der Waals surface area contributed by atoms with Crippen LogP contribution in [0.15, 0.2) is 53.4 Å². The molecule has 1 amide bonds. The van der Waals surface area contributed by atoms with Gasteiger partial charge < -0.3 is 10.1 Å². The first-order valence-electron chi connectivity index (χ1n) is 9.43. The number of thioether (sulfide) groups is 1. The van der Waals surface area contributed by atoms with E-state index in [0.717, 1.165) is 46.8 Å². The highest BCUT2D eigenvalue weighted by Gasteiger charge is 2.39. The summed E-state index contributed by atoms with van der Waals surface area (Å²) in [5, 5.41) is 3.28. The molecule has 1 aliphatic rings. The van der Waals surface area contributed by atoms with E-state index in [1.165, 1.54) is 0 Å². The second kappa shape index (κ2) is 8.17. The average Bonchev–Trinajstić information content (AvgIpc) is 2.68. The maximum atomic E-state index is 13.0. The fraction of sp³-hybridized carbons (Fsp3) is 0.409. The fourth-order valence-electron chi connectivity index (χ4n) is 3.60. The van der Waals surface area contributed by atoms with Crippen molar-refractivity contribution in [2.75, 3.05) is 5.75 Å². The number of benzene rings is 2. The number of ether oxygens (including phenoxy) is 1. The van der Waals surface area contributed by atoms with Gasteiger partial charge in [0, 0.05) is 16.9 Å². The summed E-state index contributed by atoms with van der Waals surface area (Å²) < 4.78 is 6.34. The van der Waals surface area contributed by atoms with Gasteiger partial charge in [-0.15, -0.1) is 11.8 Å². The molecule has 3 rings (SSSR count). The Labute approximate surface area is 160 Å². The molecule has 1 heterocycles. The van der Waals surface area contributed by atoms with Gasteiger partial charge in [0.1, 0.15) is 11.4 Å². The molecular weight excluding hydrogens is 342 g/mol. The van der Waals surface area contributed by atoms with Crippen LogP contribution in [0.3, 0.4) is 0 Å². The summed E-state index contributed by atoms with van der Waals surface area (Å²) in [7, 11) is 0. The number of hydrogen-bond donors (Lipinski definition) is 1. The molecule has 26 heavy (non-hydrogen) atoms. The van der Waals surface area contributed by atoms with E-state index < -0.39 is 0 Å². The normalized spacial score (nSPS) is 17.9. The lowest BCUT2D eigenvalue weighted by molar-refractivity contribution is 0.0227. The van der Waals surface area contributed by atoms with E-state index in [2.05, 4.69) is 32.2 Å². The van der Waals surface area contributed by atoms with Crippen molar-refractivity contribution >= 4 is 17.7 Å². The number of nitrogens with one attached hydrogen (secondary N) is 1. The quantitative estimate of drug-likeness (QED) is 0.673. The lowest BCUT2D eigenvalue weighted by Gasteiger charge is -2.41. The Morgan fingerprint density at radius 3 is 2.54 bits per heavy atom. The molecule has 0 unspecified atom stereocenters. The Balaban J connectivity index is 1.90. The molecule has 1 atom stereocenters. The summed E-state index contributed by atoms with van der Waals surface area (Å²) in [5.74, 6) is 1.83. The molecule has 3 nitrogen and oxygen atoms in total. The maximum absolute atomic E-state index is 13.0. The molecule has 0 bridgehead atoms. The van der Waals surface area contributed by atoms with Crippen LogP contribution in [0.25, 0.3) is 0 Å². The standard InChI is InChI=1S/C22H27NO2S/c1-4-22(5-2)15-18(16-11-7-9-13-19(16)25-22)23-21(24)17-12-8-10-14-20(17)26-6-3/h7-14,18H,4-6,15H2,1-3H3,(H,23,24)/t18-/m1/s1. The second-order valence-electron chi connectivity index (χ2n) is 6.69. The molecule has 4 heteroatoms. The van der Waals surface area contributed by atoms with Crippen molar-refractivity contribution in [1.82, 2.24) is 5.32 Å². The Bertz CT molecular complexity index is 770. The molecule has 0 fully saturated rings. The number of rotatable bonds is 6. The van der Waals surface area contributed by atoms with Crippen molar-refractivity contribution in [3.8, 4) is 5.75 Å². The van der Waals surface area contributed by atoms with Crippen LogP contribution in [-0.2, 0) is 0 Å². The molecule has 0 saturated heterocycles. The van der Waals surface area contributed by atoms with Gasteiger partial charge in [-0.1, -0.05) is 51.1 Å². The minimum absolute atomic E-state index is 0.00985. The highest BCUT2D eigenvalue weighted by molar-refractivity contribution is 7.99. The molecule has 0 spiro atoms. The molecule has 1 aliphatic heterocycles. The molecule has 0 saturated carbocycles. The number of carbonyl (C=O) groups excluding carboxylic acids is 1. The van der Waals surface area contributed by atoms with Gasteiger partial charge in [0.2, 0.25) is 0 Å². The summed E-state index contributed by atoms with van der Waals surface area (Å²) in [5.41, 5.74) is 1.60. The van der Waals surface area contributed by atoms with Crippen LogP contribution in [0.1, 0.15) is 62.0 Å². The first-order chi connectivity index (χ1) is 12.6. The van der Waals surface area contributed by atoms with Gasteiger partial charge in [-0.25, -0.2) is 0 Å². The largest absolute Gasteiger partial charge is 0.487 e. The SMILES string of the molecule is CCSc1ccccc1C(=O)N[C@@H]1CC(CC)(CC)Oc2ccccc21. The molecule has 0 aliphatic carbocycles. The second-order valence-corrected chi connectivity index (χ2v) is 8.00. The first kappa shape index (κ1) is 18.8. The number of fused-ring (bicyclic) bond motifs is 1. The zero-order valence-electron chi connectivity index (χ0n) is 15.7. The Kier molecular flexibility index (Phi) is 5.92. The zero-order valence-corrected chi connectivity index (χ0v) is 16.6. The van der Waals surface area contributed by atoms with Crippen LogP contribution in [0, 0.1) is 0 Å². The van der Waals surface area contributed by atoms with Gasteiger partial charge in [0.05, 0.1) is 11.6 Å². The van der Waals surface area contributed by atoms with E-state index in [0.29, 0.717) is 0 Å². The van der Waals surface area contributed by atoms with Gasteiger partial charge in [-0.2, -0.15) is 0 Å². The van der Waals surface area contributed by atoms with Crippen molar-refractivity contribution in [2.24, 2.45) is 0 Å². The highest BCUT2D eigenvalue weighted by Crippen LogP contribution is 2.42. The molecule has 2 aromatic carbocycles. The van der Waals surface area contributed by atoms with Crippen molar-refractivity contribution in [3.63, 3.8) is 0 Å². The molecule has 0 aromatic heterocycles. The van der Waals surface area contributed by atoms with Crippen LogP contribution in [0.4, 0.5) is 0 Å². The van der Waals surface area contributed by atoms with Gasteiger partial charge in [0.25, 0.3) is 5.91 Å². The molecule has 1 N–H and O–H groups in total. The fourth-order valence-corrected chi connectivity index (χ4v) is 4.40. The molecular formula is C22H27NO2S. The smallest absolute Gasteiger partial charge is 0.252 e. The number of hydrogen-bond acceptors (Lipinski definition) is 3. The van der Waals surface area contributed by atoms with E-state index in [4.69, 9.17) is 4.74 Å². The Morgan fingerprint density at radius 1 is 1.12 bits per heavy atom. The molecule has 2 aromatic rings. The first-order valence-corrected chi connectivity index (χ1v) is 10.4. The molecule has 0 radical (unpaired) electrons. The highest BCUT2D eigenvalue weighted by atomic mass is 32.2. The van der Waals surface area contributed by atoms with Gasteiger partial charge in [-0.05, 0) is 36.8 Å². The van der Waals surface area contributed by atoms with Gasteiger partial charge in [0.15, 0.2) is 0 Å². The van der Waals surface area contributed by atoms with Gasteiger partial charge >= 0.3 is 0 Å². The number of amides is 1. The van der Waals surface area contributed by atoms with E-state index in [-0.39, 0.29) is 17.6 Å². The lowest BCUT2D eigenvalue weighted by Crippen LogP contribution is -2.44. The average molecular weight is 370 g/mol. The summed E-state index contributed by atoms with van der Waals surface area (Å²) in [6.07, 6.45) is 2.64. The van der Waals surface area contributed by atoms with Crippen molar-refractivity contribution < 1.29 is 9.53 Å². The summed E-state index contributed by atoms with van der Waals surface area (Å²) >= 11 is 1.70. The predicted molar refractivity (Wildman–Crippen MR) is 108 cm³/mol. The topological polar surface area (TPSA) is 38.3 Å². The van der Waals surface area contributed by atoms with E-state index in [1.54, 1.807) is 11.8 Å². The Hall–Kier alpha value is -1.94. The minimum Gasteiger partial charge on any atom is -0.487 e. The minimum atomic E-state index is -0.218. The van der Waals surface area contributed by atoms with E-state index >= 15 is 0 Å². The summed E-state index contributed by atoms with van der Waals surface area (Å²) in [6, 6.07) is 15.9. The van der Waals surface area contributed by atoms with E-state index in [9.17, 15) is 4.79 Å². The summed E-state index contributed by atoms with van der Waals surface area (Å²) in [6.45, 7) is 6.41. The number of carbonyl (C=O) groups is 1. The number of para-hydroxylation sites is 1. The monoisotopic (exact) mass is 369 g/mol. The Morgan fingerprint density at radius 2 is 1.81 bits per heavy atom. The van der Waals surface area contributed by atoms with Crippen LogP contribution < -0.4 is 10.1 Å². The third-order valence-corrected chi connectivity index (χ3v) is 6.18. The van der Waals surface area contributed by atoms with Crippen molar-refractivity contribution in [1.29, 1.82) is 0 Å². The van der Waals surface area contributed by atoms with Crippen molar-refractivity contribution in [3.05, 3.63) is 59.7 Å². The van der Waals surface area contributed by atoms with Crippen LogP contribution in [0.5, 0.6) is 5.75 Å². The van der Waals surface area contributed by atoms with E-state index in [1.807, 2.05) is 42.5 Å². The van der Waals surface area contributed by atoms with Crippen molar-refractivity contribution in [2.45, 2.75) is 56.6 Å². The third-order valence-electron chi connectivity index (χ3n) is 5.22. The maximum Gasteiger partial charge on any atom is 0.252 e. The third kappa shape index (κ3) is 3.75. The van der Waals surface area contributed by atoms with Crippen LogP contribution in [0.2, 0.25) is 0 Å². The summed E-state index contributed by atoms with van der Waals surface area (Å²) in [4.78, 5) is 14.1. The zero-order chi connectivity index (χ0) is 18.6. The van der Waals surface area contributed by atoms with Crippen LogP contribution in [-0.4, -0.2) is 17.3 Å².